The van der Waals surface area contributed by atoms with Crippen LogP contribution in [-0.2, 0) is 9.59 Å². The summed E-state index contributed by atoms with van der Waals surface area (Å²) in [5.74, 6) is -0.305. The van der Waals surface area contributed by atoms with Crippen molar-refractivity contribution >= 4 is 28.4 Å². The van der Waals surface area contributed by atoms with Crippen LogP contribution in [0.2, 0.25) is 0 Å². The number of furan rings is 1. The van der Waals surface area contributed by atoms with E-state index in [4.69, 9.17) is 14.3 Å². The van der Waals surface area contributed by atoms with Gasteiger partial charge in [-0.3, -0.25) is 9.59 Å². The first kappa shape index (κ1) is 19.6. The Morgan fingerprint density at radius 3 is 2.73 bits per heavy atom. The number of amides is 1. The number of ether oxygens (including phenoxy) is 1. The summed E-state index contributed by atoms with van der Waals surface area (Å²) >= 11 is 0. The third-order valence-electron chi connectivity index (χ3n) is 4.23. The van der Waals surface area contributed by atoms with Gasteiger partial charge in [0.2, 0.25) is 5.91 Å². The topological polar surface area (TPSA) is 88.8 Å². The number of carbonyl (C=O) groups excluding carboxylic acids is 1. The van der Waals surface area contributed by atoms with Gasteiger partial charge < -0.3 is 19.6 Å². The first-order valence-corrected chi connectivity index (χ1v) is 8.66. The number of unbranched alkanes of at least 4 members (excludes halogenated alkanes) is 2. The highest BCUT2D eigenvalue weighted by Gasteiger charge is 2.12. The number of carboxylic acids is 1. The molecule has 6 nitrogen and oxygen atoms in total. The number of carboxylic acid groups (broad SMARTS) is 1. The van der Waals surface area contributed by atoms with Crippen molar-refractivity contribution in [1.82, 2.24) is 5.32 Å². The molecule has 6 heteroatoms. The van der Waals surface area contributed by atoms with Crippen LogP contribution in [0.4, 0.5) is 0 Å². The lowest BCUT2D eigenvalue weighted by Crippen LogP contribution is -2.22. The Hall–Kier alpha value is -2.76. The van der Waals surface area contributed by atoms with Gasteiger partial charge in [-0.25, -0.2) is 0 Å². The van der Waals surface area contributed by atoms with Crippen LogP contribution in [0.5, 0.6) is 5.75 Å². The molecule has 2 N–H and O–H groups in total. The molecule has 1 aromatic heterocycles. The van der Waals surface area contributed by atoms with Crippen LogP contribution < -0.4 is 10.1 Å². The second kappa shape index (κ2) is 9.08. The maximum absolute atomic E-state index is 12.1. The second-order valence-electron chi connectivity index (χ2n) is 6.29. The zero-order chi connectivity index (χ0) is 19.1. The van der Waals surface area contributed by atoms with Crippen LogP contribution in [0, 0.1) is 6.92 Å². The van der Waals surface area contributed by atoms with E-state index >= 15 is 0 Å². The summed E-state index contributed by atoms with van der Waals surface area (Å²) < 4.78 is 10.9. The van der Waals surface area contributed by atoms with Crippen LogP contribution >= 0.6 is 0 Å². The first-order chi connectivity index (χ1) is 12.4. The van der Waals surface area contributed by atoms with Crippen LogP contribution in [0.15, 0.2) is 28.9 Å². The van der Waals surface area contributed by atoms with Gasteiger partial charge in [0, 0.05) is 36.1 Å². The molecule has 0 spiro atoms. The quantitative estimate of drug-likeness (QED) is 0.523. The number of aliphatic carboxylic acids is 1. The number of methoxy groups -OCH3 is 1. The molecule has 0 aliphatic carbocycles. The molecule has 140 valence electrons. The predicted molar refractivity (Wildman–Crippen MR) is 100 cm³/mol. The van der Waals surface area contributed by atoms with E-state index in [1.807, 2.05) is 26.0 Å². The van der Waals surface area contributed by atoms with Crippen LogP contribution in [0.3, 0.4) is 0 Å². The van der Waals surface area contributed by atoms with Gasteiger partial charge in [-0.2, -0.15) is 0 Å². The van der Waals surface area contributed by atoms with Gasteiger partial charge in [0.25, 0.3) is 0 Å². The number of rotatable bonds is 9. The Labute approximate surface area is 152 Å². The van der Waals surface area contributed by atoms with Crippen molar-refractivity contribution in [2.75, 3.05) is 13.7 Å². The van der Waals surface area contributed by atoms with E-state index in [0.717, 1.165) is 40.5 Å². The fourth-order valence-electron chi connectivity index (χ4n) is 2.77. The highest BCUT2D eigenvalue weighted by molar-refractivity contribution is 5.97. The Bertz CT molecular complexity index is 819. The molecule has 26 heavy (non-hydrogen) atoms. The van der Waals surface area contributed by atoms with Gasteiger partial charge >= 0.3 is 5.97 Å². The van der Waals surface area contributed by atoms with Gasteiger partial charge in [0.15, 0.2) is 0 Å². The molecule has 1 aromatic carbocycles. The minimum absolute atomic E-state index is 0.169. The summed E-state index contributed by atoms with van der Waals surface area (Å²) in [6.45, 7) is 4.36. The number of hydrogen-bond acceptors (Lipinski definition) is 4. The SMILES string of the molecule is COc1cc2occ(C)c2cc1/C(C)=C/C(=O)NCCCCCC(=O)O. The Balaban J connectivity index is 1.99. The molecule has 1 heterocycles. The average Bonchev–Trinajstić information content (AvgIpc) is 2.96. The smallest absolute Gasteiger partial charge is 0.303 e. The molecular formula is C20H25NO5. The Morgan fingerprint density at radius 1 is 1.27 bits per heavy atom. The van der Waals surface area contributed by atoms with Crippen molar-refractivity contribution in [2.45, 2.75) is 39.5 Å². The van der Waals surface area contributed by atoms with Crippen molar-refractivity contribution in [3.63, 3.8) is 0 Å². The van der Waals surface area contributed by atoms with Crippen LogP contribution in [-0.4, -0.2) is 30.6 Å². The van der Waals surface area contributed by atoms with Gasteiger partial charge in [0.1, 0.15) is 11.3 Å². The largest absolute Gasteiger partial charge is 0.496 e. The molecule has 2 rings (SSSR count). The number of fused-ring (bicyclic) bond motifs is 1. The minimum Gasteiger partial charge on any atom is -0.496 e. The zero-order valence-corrected chi connectivity index (χ0v) is 15.4. The maximum Gasteiger partial charge on any atom is 0.303 e. The standard InChI is InChI=1S/C20H25NO5/c1-13(9-19(22)21-8-6-4-5-7-20(23)24)15-10-16-14(2)12-26-18(16)11-17(15)25-3/h9-12H,4-8H2,1-3H3,(H,21,22)(H,23,24)/b13-9+. The summed E-state index contributed by atoms with van der Waals surface area (Å²) in [6, 6.07) is 3.80. The van der Waals surface area contributed by atoms with Crippen LogP contribution in [0.25, 0.3) is 16.5 Å². The number of benzene rings is 1. The van der Waals surface area contributed by atoms with Crippen molar-refractivity contribution in [3.05, 3.63) is 35.6 Å². The van der Waals surface area contributed by atoms with Gasteiger partial charge in [-0.05, 0) is 43.9 Å². The van der Waals surface area contributed by atoms with Gasteiger partial charge in [-0.1, -0.05) is 6.42 Å². The summed E-state index contributed by atoms with van der Waals surface area (Å²) in [7, 11) is 1.59. The molecule has 0 aliphatic rings. The molecule has 0 unspecified atom stereocenters. The molecular weight excluding hydrogens is 334 g/mol. The molecule has 0 aliphatic heterocycles. The molecule has 0 fully saturated rings. The Kier molecular flexibility index (Phi) is 6.83. The number of aryl methyl sites for hydroxylation is 1. The normalized spacial score (nSPS) is 11.6. The predicted octanol–water partition coefficient (Wildman–Crippen LogP) is 3.91. The van der Waals surface area contributed by atoms with Crippen LogP contribution in [0.1, 0.15) is 43.7 Å². The highest BCUT2D eigenvalue weighted by Crippen LogP contribution is 2.33. The van der Waals surface area contributed by atoms with E-state index in [9.17, 15) is 9.59 Å². The lowest BCUT2D eigenvalue weighted by atomic mass is 10.0. The van der Waals surface area contributed by atoms with Crippen molar-refractivity contribution in [3.8, 4) is 5.75 Å². The van der Waals surface area contributed by atoms with Crippen molar-refractivity contribution < 1.29 is 23.8 Å². The summed E-state index contributed by atoms with van der Waals surface area (Å²) in [6.07, 6.45) is 5.58. The fourth-order valence-corrected chi connectivity index (χ4v) is 2.77. The van der Waals surface area contributed by atoms with E-state index in [-0.39, 0.29) is 12.3 Å². The van der Waals surface area contributed by atoms with Crippen molar-refractivity contribution in [2.24, 2.45) is 0 Å². The fraction of sp³-hybridized carbons (Fsp3) is 0.400. The molecule has 2 aromatic rings. The molecule has 0 saturated heterocycles. The third-order valence-corrected chi connectivity index (χ3v) is 4.23. The highest BCUT2D eigenvalue weighted by atomic mass is 16.5. The van der Waals surface area contributed by atoms with E-state index in [1.54, 1.807) is 19.4 Å². The summed E-state index contributed by atoms with van der Waals surface area (Å²) in [4.78, 5) is 22.5. The molecule has 1 amide bonds. The van der Waals surface area contributed by atoms with Gasteiger partial charge in [0.05, 0.1) is 13.4 Å². The molecule has 0 radical (unpaired) electrons. The van der Waals surface area contributed by atoms with E-state index in [1.165, 1.54) is 0 Å². The lowest BCUT2D eigenvalue weighted by Gasteiger charge is -2.10. The summed E-state index contributed by atoms with van der Waals surface area (Å²) in [5.41, 5.74) is 3.43. The molecule has 0 saturated carbocycles. The number of nitrogens with one attached hydrogen (secondary N) is 1. The number of hydrogen-bond donors (Lipinski definition) is 2. The third kappa shape index (κ3) is 5.12. The van der Waals surface area contributed by atoms with E-state index in [0.29, 0.717) is 18.7 Å². The van der Waals surface area contributed by atoms with E-state index in [2.05, 4.69) is 5.32 Å². The first-order valence-electron chi connectivity index (χ1n) is 8.66. The van der Waals surface area contributed by atoms with Gasteiger partial charge in [-0.15, -0.1) is 0 Å². The summed E-state index contributed by atoms with van der Waals surface area (Å²) in [5, 5.41) is 12.4. The minimum atomic E-state index is -0.786. The lowest BCUT2D eigenvalue weighted by molar-refractivity contribution is -0.137. The second-order valence-corrected chi connectivity index (χ2v) is 6.29. The molecule has 0 bridgehead atoms. The molecule has 0 atom stereocenters. The Morgan fingerprint density at radius 2 is 2.04 bits per heavy atom. The zero-order valence-electron chi connectivity index (χ0n) is 15.4. The maximum atomic E-state index is 12.1. The van der Waals surface area contributed by atoms with Crippen molar-refractivity contribution in [1.29, 1.82) is 0 Å². The monoisotopic (exact) mass is 359 g/mol. The average molecular weight is 359 g/mol. The van der Waals surface area contributed by atoms with E-state index < -0.39 is 5.97 Å². The number of carbonyl (C=O) groups is 2. The number of allylic oxidation sites excluding steroid dienone is 1.